The molecule has 0 radical (unpaired) electrons. The predicted octanol–water partition coefficient (Wildman–Crippen LogP) is 2.35. The third-order valence-electron chi connectivity index (χ3n) is 1.72. The van der Waals surface area contributed by atoms with Crippen LogP contribution in [0.4, 0.5) is 0 Å². The summed E-state index contributed by atoms with van der Waals surface area (Å²) in [4.78, 5) is 0. The maximum atomic E-state index is 8.94. The third kappa shape index (κ3) is 2.17. The van der Waals surface area contributed by atoms with Crippen LogP contribution in [0.2, 0.25) is 0 Å². The standard InChI is InChI=1S/C9H11IO/c1-2-7-5-9(10)4-3-8(7)6-11/h3-5,11H,2,6H2,1H3. The van der Waals surface area contributed by atoms with Crippen LogP contribution < -0.4 is 0 Å². The van der Waals surface area contributed by atoms with Crippen molar-refractivity contribution in [3.8, 4) is 0 Å². The molecule has 0 aromatic heterocycles. The molecule has 1 N–H and O–H groups in total. The van der Waals surface area contributed by atoms with Crippen LogP contribution in [-0.2, 0) is 13.0 Å². The van der Waals surface area contributed by atoms with E-state index in [4.69, 9.17) is 5.11 Å². The Hall–Kier alpha value is -0.0900. The molecule has 0 spiro atoms. The molecule has 0 aliphatic rings. The lowest BCUT2D eigenvalue weighted by molar-refractivity contribution is 0.280. The van der Waals surface area contributed by atoms with Crippen LogP contribution in [0.15, 0.2) is 18.2 Å². The van der Waals surface area contributed by atoms with Gasteiger partial charge in [0, 0.05) is 3.57 Å². The maximum absolute atomic E-state index is 8.94. The largest absolute Gasteiger partial charge is 0.392 e. The van der Waals surface area contributed by atoms with E-state index in [2.05, 4.69) is 35.6 Å². The lowest BCUT2D eigenvalue weighted by Crippen LogP contribution is -1.92. The van der Waals surface area contributed by atoms with E-state index in [-0.39, 0.29) is 6.61 Å². The molecular formula is C9H11IO. The van der Waals surface area contributed by atoms with Gasteiger partial charge in [-0.1, -0.05) is 13.0 Å². The number of rotatable bonds is 2. The van der Waals surface area contributed by atoms with Crippen molar-refractivity contribution in [3.63, 3.8) is 0 Å². The highest BCUT2D eigenvalue weighted by molar-refractivity contribution is 14.1. The molecule has 0 saturated heterocycles. The number of aliphatic hydroxyl groups is 1. The van der Waals surface area contributed by atoms with E-state index in [9.17, 15) is 0 Å². The molecule has 0 bridgehead atoms. The Morgan fingerprint density at radius 1 is 1.36 bits per heavy atom. The van der Waals surface area contributed by atoms with Gasteiger partial charge in [0.25, 0.3) is 0 Å². The van der Waals surface area contributed by atoms with E-state index < -0.39 is 0 Å². The number of halogens is 1. The predicted molar refractivity (Wildman–Crippen MR) is 54.5 cm³/mol. The van der Waals surface area contributed by atoms with Gasteiger partial charge in [-0.15, -0.1) is 0 Å². The summed E-state index contributed by atoms with van der Waals surface area (Å²) in [5.74, 6) is 0. The van der Waals surface area contributed by atoms with Crippen LogP contribution in [0.1, 0.15) is 18.1 Å². The van der Waals surface area contributed by atoms with E-state index in [1.165, 1.54) is 9.13 Å². The monoisotopic (exact) mass is 262 g/mol. The lowest BCUT2D eigenvalue weighted by Gasteiger charge is -2.04. The van der Waals surface area contributed by atoms with E-state index in [1.807, 2.05) is 12.1 Å². The van der Waals surface area contributed by atoms with Gasteiger partial charge in [0.1, 0.15) is 0 Å². The number of aliphatic hydroxyl groups excluding tert-OH is 1. The third-order valence-corrected chi connectivity index (χ3v) is 2.39. The molecule has 0 heterocycles. The van der Waals surface area contributed by atoms with Crippen molar-refractivity contribution in [3.05, 3.63) is 32.9 Å². The lowest BCUT2D eigenvalue weighted by atomic mass is 10.1. The Balaban J connectivity index is 3.06. The van der Waals surface area contributed by atoms with Gasteiger partial charge in [-0.3, -0.25) is 0 Å². The highest BCUT2D eigenvalue weighted by Crippen LogP contribution is 2.14. The summed E-state index contributed by atoms with van der Waals surface area (Å²) >= 11 is 2.28. The van der Waals surface area contributed by atoms with Gasteiger partial charge in [0.05, 0.1) is 6.61 Å². The van der Waals surface area contributed by atoms with Gasteiger partial charge >= 0.3 is 0 Å². The van der Waals surface area contributed by atoms with Crippen molar-refractivity contribution < 1.29 is 5.11 Å². The maximum Gasteiger partial charge on any atom is 0.0684 e. The zero-order valence-electron chi connectivity index (χ0n) is 6.47. The Bertz CT molecular complexity index is 245. The molecular weight excluding hydrogens is 251 g/mol. The zero-order chi connectivity index (χ0) is 8.27. The minimum atomic E-state index is 0.153. The average molecular weight is 262 g/mol. The quantitative estimate of drug-likeness (QED) is 0.811. The number of aryl methyl sites for hydroxylation is 1. The summed E-state index contributed by atoms with van der Waals surface area (Å²) in [6.07, 6.45) is 0.993. The minimum absolute atomic E-state index is 0.153. The van der Waals surface area contributed by atoms with Crippen molar-refractivity contribution >= 4 is 22.6 Å². The number of hydrogen-bond donors (Lipinski definition) is 1. The molecule has 1 nitrogen and oxygen atoms in total. The van der Waals surface area contributed by atoms with Crippen molar-refractivity contribution in [2.45, 2.75) is 20.0 Å². The van der Waals surface area contributed by atoms with Crippen LogP contribution in [0.25, 0.3) is 0 Å². The first-order valence-electron chi connectivity index (χ1n) is 3.66. The summed E-state index contributed by atoms with van der Waals surface area (Å²) in [6.45, 7) is 2.25. The molecule has 0 saturated carbocycles. The Kier molecular flexibility index (Phi) is 3.33. The smallest absolute Gasteiger partial charge is 0.0684 e. The van der Waals surface area contributed by atoms with Crippen molar-refractivity contribution in [1.82, 2.24) is 0 Å². The first-order valence-corrected chi connectivity index (χ1v) is 4.74. The van der Waals surface area contributed by atoms with Crippen molar-refractivity contribution in [2.75, 3.05) is 0 Å². The molecule has 0 aliphatic carbocycles. The summed E-state index contributed by atoms with van der Waals surface area (Å²) in [5, 5.41) is 8.94. The highest BCUT2D eigenvalue weighted by Gasteiger charge is 1.98. The van der Waals surface area contributed by atoms with E-state index in [0.717, 1.165) is 12.0 Å². The molecule has 0 atom stereocenters. The second-order valence-corrected chi connectivity index (χ2v) is 3.67. The summed E-state index contributed by atoms with van der Waals surface area (Å²) in [6, 6.07) is 6.12. The molecule has 1 aromatic rings. The summed E-state index contributed by atoms with van der Waals surface area (Å²) in [7, 11) is 0. The minimum Gasteiger partial charge on any atom is -0.392 e. The van der Waals surface area contributed by atoms with Crippen LogP contribution in [0, 0.1) is 3.57 Å². The van der Waals surface area contributed by atoms with Gasteiger partial charge in [0.15, 0.2) is 0 Å². The van der Waals surface area contributed by atoms with Gasteiger partial charge in [-0.25, -0.2) is 0 Å². The molecule has 1 aromatic carbocycles. The highest BCUT2D eigenvalue weighted by atomic mass is 127. The fraction of sp³-hybridized carbons (Fsp3) is 0.333. The Labute approximate surface area is 80.6 Å². The topological polar surface area (TPSA) is 20.2 Å². The molecule has 0 unspecified atom stereocenters. The van der Waals surface area contributed by atoms with Gasteiger partial charge in [-0.05, 0) is 52.3 Å². The van der Waals surface area contributed by atoms with Crippen molar-refractivity contribution in [2.24, 2.45) is 0 Å². The van der Waals surface area contributed by atoms with Gasteiger partial charge < -0.3 is 5.11 Å². The number of benzene rings is 1. The molecule has 2 heteroatoms. The van der Waals surface area contributed by atoms with E-state index in [0.29, 0.717) is 0 Å². The van der Waals surface area contributed by atoms with E-state index >= 15 is 0 Å². The van der Waals surface area contributed by atoms with Crippen LogP contribution in [0.5, 0.6) is 0 Å². The Morgan fingerprint density at radius 3 is 2.64 bits per heavy atom. The molecule has 1 rings (SSSR count). The fourth-order valence-corrected chi connectivity index (χ4v) is 1.63. The van der Waals surface area contributed by atoms with Crippen LogP contribution >= 0.6 is 22.6 Å². The summed E-state index contributed by atoms with van der Waals surface area (Å²) < 4.78 is 1.23. The average Bonchev–Trinajstić information content (AvgIpc) is 2.04. The molecule has 0 aliphatic heterocycles. The summed E-state index contributed by atoms with van der Waals surface area (Å²) in [5.41, 5.74) is 2.30. The first-order chi connectivity index (χ1) is 5.27. The fourth-order valence-electron chi connectivity index (χ4n) is 1.08. The SMILES string of the molecule is CCc1cc(I)ccc1CO. The zero-order valence-corrected chi connectivity index (χ0v) is 8.63. The van der Waals surface area contributed by atoms with Gasteiger partial charge in [-0.2, -0.15) is 0 Å². The Morgan fingerprint density at radius 2 is 2.09 bits per heavy atom. The molecule has 11 heavy (non-hydrogen) atoms. The first kappa shape index (κ1) is 9.00. The van der Waals surface area contributed by atoms with Crippen LogP contribution in [0.3, 0.4) is 0 Å². The molecule has 60 valence electrons. The molecule has 0 amide bonds. The number of hydrogen-bond acceptors (Lipinski definition) is 1. The molecule has 0 fully saturated rings. The second-order valence-electron chi connectivity index (χ2n) is 2.42. The van der Waals surface area contributed by atoms with Crippen LogP contribution in [-0.4, -0.2) is 5.11 Å². The van der Waals surface area contributed by atoms with Gasteiger partial charge in [0.2, 0.25) is 0 Å². The van der Waals surface area contributed by atoms with Crippen molar-refractivity contribution in [1.29, 1.82) is 0 Å². The second kappa shape index (κ2) is 4.07. The normalized spacial score (nSPS) is 10.1. The van der Waals surface area contributed by atoms with E-state index in [1.54, 1.807) is 0 Å².